The van der Waals surface area contributed by atoms with Crippen molar-refractivity contribution in [2.24, 2.45) is 5.73 Å². The van der Waals surface area contributed by atoms with Crippen molar-refractivity contribution in [2.75, 3.05) is 18.0 Å². The van der Waals surface area contributed by atoms with Crippen LogP contribution in [0.4, 0.5) is 23.5 Å². The van der Waals surface area contributed by atoms with Crippen molar-refractivity contribution >= 4 is 21.6 Å². The van der Waals surface area contributed by atoms with Crippen molar-refractivity contribution in [3.05, 3.63) is 82.4 Å². The Morgan fingerprint density at radius 3 is 2.42 bits per heavy atom. The molecule has 36 heavy (non-hydrogen) atoms. The number of alkyl halides is 3. The average molecular weight is 526 g/mol. The smallest absolute Gasteiger partial charge is 0.355 e. The number of rotatable bonds is 6. The number of aromatic nitrogens is 4. The molecule has 0 saturated carbocycles. The van der Waals surface area contributed by atoms with E-state index in [1.807, 2.05) is 6.08 Å². The van der Waals surface area contributed by atoms with E-state index in [-0.39, 0.29) is 18.3 Å². The van der Waals surface area contributed by atoms with E-state index >= 15 is 0 Å². The molecule has 190 valence electrons. The third-order valence-corrected chi connectivity index (χ3v) is 6.15. The summed E-state index contributed by atoms with van der Waals surface area (Å²) in [6, 6.07) is 7.72. The minimum Gasteiger partial charge on any atom is -0.355 e. The SMILES string of the molecule is N[C@H]1CN(c2ncn(Cc3ccc(OS(=O)(=O)C(F)(F)F)nc3)c(=O)n2)CC=C1c1ccc(F)cc1. The molecule has 1 aromatic carbocycles. The van der Waals surface area contributed by atoms with Crippen LogP contribution >= 0.6 is 0 Å². The van der Waals surface area contributed by atoms with Crippen molar-refractivity contribution in [1.29, 1.82) is 0 Å². The number of anilines is 1. The minimum absolute atomic E-state index is 0.0768. The number of hydrogen-bond acceptors (Lipinski definition) is 9. The van der Waals surface area contributed by atoms with Crippen molar-refractivity contribution in [1.82, 2.24) is 19.5 Å². The molecule has 0 fully saturated rings. The first-order chi connectivity index (χ1) is 16.9. The first-order valence-electron chi connectivity index (χ1n) is 10.3. The predicted molar refractivity (Wildman–Crippen MR) is 120 cm³/mol. The van der Waals surface area contributed by atoms with Crippen LogP contribution in [0.2, 0.25) is 0 Å². The van der Waals surface area contributed by atoms with Gasteiger partial charge in [0.15, 0.2) is 0 Å². The van der Waals surface area contributed by atoms with Crippen LogP contribution in [0.15, 0.2) is 59.8 Å². The number of benzene rings is 1. The summed E-state index contributed by atoms with van der Waals surface area (Å²) in [7, 11) is -5.84. The lowest BCUT2D eigenvalue weighted by molar-refractivity contribution is -0.0501. The summed E-state index contributed by atoms with van der Waals surface area (Å²) in [5, 5.41) is 0. The molecule has 0 saturated heterocycles. The lowest BCUT2D eigenvalue weighted by Crippen LogP contribution is -2.44. The molecule has 2 N–H and O–H groups in total. The molecule has 1 aliphatic heterocycles. The average Bonchev–Trinajstić information content (AvgIpc) is 2.81. The molecule has 1 aliphatic rings. The van der Waals surface area contributed by atoms with E-state index in [1.54, 1.807) is 17.0 Å². The third-order valence-electron chi connectivity index (χ3n) is 5.19. The summed E-state index contributed by atoms with van der Waals surface area (Å²) in [6.07, 6.45) is 4.16. The Balaban J connectivity index is 1.44. The van der Waals surface area contributed by atoms with Gasteiger partial charge in [-0.1, -0.05) is 24.3 Å². The van der Waals surface area contributed by atoms with E-state index in [2.05, 4.69) is 19.1 Å². The quantitative estimate of drug-likeness (QED) is 0.289. The van der Waals surface area contributed by atoms with Gasteiger partial charge in [-0.3, -0.25) is 4.57 Å². The Hall–Kier alpha value is -3.85. The zero-order chi connectivity index (χ0) is 26.1. The van der Waals surface area contributed by atoms with Crippen LogP contribution in [0.5, 0.6) is 5.88 Å². The van der Waals surface area contributed by atoms with Crippen LogP contribution in [0.1, 0.15) is 11.1 Å². The largest absolute Gasteiger partial charge is 0.534 e. The Labute approximate surface area is 201 Å². The summed E-state index contributed by atoms with van der Waals surface area (Å²) in [5.41, 5.74) is 2.01. The van der Waals surface area contributed by atoms with Gasteiger partial charge in [-0.15, -0.1) is 0 Å². The summed E-state index contributed by atoms with van der Waals surface area (Å²) in [4.78, 5) is 25.9. The molecule has 0 radical (unpaired) electrons. The van der Waals surface area contributed by atoms with Crippen molar-refractivity contribution in [3.63, 3.8) is 0 Å². The maximum Gasteiger partial charge on any atom is 0.534 e. The van der Waals surface area contributed by atoms with Crippen LogP contribution in [0.3, 0.4) is 0 Å². The van der Waals surface area contributed by atoms with E-state index in [9.17, 15) is 30.8 Å². The van der Waals surface area contributed by atoms with Gasteiger partial charge in [0.05, 0.1) is 6.54 Å². The second-order valence-corrected chi connectivity index (χ2v) is 9.27. The van der Waals surface area contributed by atoms with Crippen molar-refractivity contribution in [2.45, 2.75) is 18.1 Å². The van der Waals surface area contributed by atoms with Gasteiger partial charge in [0, 0.05) is 31.4 Å². The van der Waals surface area contributed by atoms with E-state index in [0.717, 1.165) is 28.0 Å². The Morgan fingerprint density at radius 1 is 1.11 bits per heavy atom. The van der Waals surface area contributed by atoms with Gasteiger partial charge in [-0.05, 0) is 28.8 Å². The number of hydrogen-bond donors (Lipinski definition) is 1. The maximum absolute atomic E-state index is 13.2. The fraction of sp³-hybridized carbons (Fsp3) is 0.238. The molecule has 0 unspecified atom stereocenters. The second kappa shape index (κ2) is 9.66. The van der Waals surface area contributed by atoms with Crippen LogP contribution < -0.4 is 20.5 Å². The summed E-state index contributed by atoms with van der Waals surface area (Å²) < 4.78 is 77.6. The Bertz CT molecular complexity index is 1440. The first-order valence-corrected chi connectivity index (χ1v) is 11.7. The Kier molecular flexibility index (Phi) is 6.77. The standard InChI is InChI=1S/C21H18F4N6O4S/c22-15-4-2-14(3-5-15)16-7-8-30(11-17(16)26)19-28-12-31(20(32)29-19)10-13-1-6-18(27-9-13)35-36(33,34)21(23,24)25/h1-7,9,12,17H,8,10-11,26H2/t17-/m0/s1. The van der Waals surface area contributed by atoms with E-state index < -0.39 is 33.2 Å². The zero-order valence-electron chi connectivity index (χ0n) is 18.3. The molecule has 0 bridgehead atoms. The van der Waals surface area contributed by atoms with Gasteiger partial charge in [0.1, 0.15) is 12.1 Å². The summed E-state index contributed by atoms with van der Waals surface area (Å²) in [5.74, 6) is -0.973. The molecule has 0 aliphatic carbocycles. The van der Waals surface area contributed by atoms with Gasteiger partial charge in [0.25, 0.3) is 0 Å². The number of pyridine rings is 1. The molecule has 15 heteroatoms. The highest BCUT2D eigenvalue weighted by atomic mass is 32.2. The van der Waals surface area contributed by atoms with E-state index in [4.69, 9.17) is 5.73 Å². The number of nitrogens with zero attached hydrogens (tertiary/aromatic N) is 5. The summed E-state index contributed by atoms with van der Waals surface area (Å²) >= 11 is 0. The predicted octanol–water partition coefficient (Wildman–Crippen LogP) is 1.68. The maximum atomic E-state index is 13.2. The van der Waals surface area contributed by atoms with Crippen molar-refractivity contribution < 1.29 is 30.2 Å². The summed E-state index contributed by atoms with van der Waals surface area (Å²) in [6.45, 7) is 0.613. The topological polar surface area (TPSA) is 133 Å². The molecule has 3 heterocycles. The fourth-order valence-corrected chi connectivity index (χ4v) is 3.85. The lowest BCUT2D eigenvalue weighted by atomic mass is 9.95. The highest BCUT2D eigenvalue weighted by Crippen LogP contribution is 2.26. The van der Waals surface area contributed by atoms with Gasteiger partial charge < -0.3 is 14.8 Å². The second-order valence-electron chi connectivity index (χ2n) is 7.73. The van der Waals surface area contributed by atoms with Gasteiger partial charge in [-0.2, -0.15) is 26.6 Å². The van der Waals surface area contributed by atoms with Gasteiger partial charge in [-0.25, -0.2) is 19.2 Å². The molecular weight excluding hydrogens is 508 g/mol. The molecule has 10 nitrogen and oxygen atoms in total. The van der Waals surface area contributed by atoms with Crippen LogP contribution in [-0.2, 0) is 16.7 Å². The normalized spacial score (nSPS) is 16.5. The van der Waals surface area contributed by atoms with Crippen LogP contribution in [0, 0.1) is 5.82 Å². The molecule has 2 aromatic heterocycles. The van der Waals surface area contributed by atoms with Gasteiger partial charge >= 0.3 is 21.3 Å². The molecule has 0 spiro atoms. The third kappa shape index (κ3) is 5.52. The minimum atomic E-state index is -5.84. The number of halogens is 4. The molecule has 1 atom stereocenters. The zero-order valence-corrected chi connectivity index (χ0v) is 19.1. The number of nitrogens with two attached hydrogens (primary N) is 1. The van der Waals surface area contributed by atoms with Gasteiger partial charge in [0.2, 0.25) is 11.8 Å². The van der Waals surface area contributed by atoms with Crippen molar-refractivity contribution in [3.8, 4) is 5.88 Å². The molecular formula is C21H18F4N6O4S. The van der Waals surface area contributed by atoms with Crippen LogP contribution in [0.25, 0.3) is 5.57 Å². The molecule has 3 aromatic rings. The highest BCUT2D eigenvalue weighted by molar-refractivity contribution is 7.87. The molecule has 0 amide bonds. The fourth-order valence-electron chi connectivity index (χ4n) is 3.43. The lowest BCUT2D eigenvalue weighted by Gasteiger charge is -2.31. The van der Waals surface area contributed by atoms with E-state index in [0.29, 0.717) is 18.7 Å². The van der Waals surface area contributed by atoms with E-state index in [1.165, 1.54) is 24.5 Å². The first kappa shape index (κ1) is 25.2. The molecule has 4 rings (SSSR count). The monoisotopic (exact) mass is 526 g/mol. The Morgan fingerprint density at radius 2 is 1.83 bits per heavy atom. The van der Waals surface area contributed by atoms with Crippen LogP contribution in [-0.4, -0.2) is 52.6 Å². The highest BCUT2D eigenvalue weighted by Gasteiger charge is 2.48.